The average Bonchev–Trinajstić information content (AvgIpc) is 2.18. The maximum Gasteiger partial charge on any atom is 0.0689 e. The van der Waals surface area contributed by atoms with Crippen LogP contribution in [-0.4, -0.2) is 48.0 Å². The summed E-state index contributed by atoms with van der Waals surface area (Å²) in [5.74, 6) is 0. The maximum absolute atomic E-state index is 10.4. The number of hydrogen-bond donors (Lipinski definition) is 1. The molecule has 15 heavy (non-hydrogen) atoms. The Morgan fingerprint density at radius 2 is 2.07 bits per heavy atom. The van der Waals surface area contributed by atoms with Gasteiger partial charge >= 0.3 is 0 Å². The van der Waals surface area contributed by atoms with Gasteiger partial charge in [-0.3, -0.25) is 4.90 Å². The summed E-state index contributed by atoms with van der Waals surface area (Å²) in [5, 5.41) is 19.0. The predicted octanol–water partition coefficient (Wildman–Crippen LogP) is 0.514. The largest absolute Gasteiger partial charge is 0.390 e. The van der Waals surface area contributed by atoms with Crippen molar-refractivity contribution in [3.63, 3.8) is 0 Å². The standard InChI is InChI=1S/C11H18N2O2/c1-13-9-5-11(14,3-2-4-12)6-10(13)8-15-7-9/h9-10,14H,2-3,5-8H2,1H3. The van der Waals surface area contributed by atoms with Crippen LogP contribution in [0.4, 0.5) is 0 Å². The van der Waals surface area contributed by atoms with E-state index in [-0.39, 0.29) is 0 Å². The lowest BCUT2D eigenvalue weighted by Gasteiger charge is -2.50. The van der Waals surface area contributed by atoms with Crippen LogP contribution in [0.3, 0.4) is 0 Å². The Morgan fingerprint density at radius 3 is 2.60 bits per heavy atom. The topological polar surface area (TPSA) is 56.5 Å². The molecule has 0 aliphatic carbocycles. The fourth-order valence-corrected chi connectivity index (χ4v) is 2.73. The van der Waals surface area contributed by atoms with Gasteiger partial charge in [-0.05, 0) is 26.3 Å². The number of morpholine rings is 1. The van der Waals surface area contributed by atoms with Gasteiger partial charge in [-0.15, -0.1) is 0 Å². The van der Waals surface area contributed by atoms with Gasteiger partial charge in [0.05, 0.1) is 24.9 Å². The van der Waals surface area contributed by atoms with Gasteiger partial charge in [-0.25, -0.2) is 0 Å². The molecule has 0 aromatic heterocycles. The van der Waals surface area contributed by atoms with Gasteiger partial charge < -0.3 is 9.84 Å². The molecule has 2 unspecified atom stereocenters. The number of likely N-dealkylation sites (N-methyl/N-ethyl adjacent to an activating group) is 1. The lowest BCUT2D eigenvalue weighted by atomic mass is 9.79. The van der Waals surface area contributed by atoms with Crippen LogP contribution < -0.4 is 0 Å². The second-order valence-electron chi connectivity index (χ2n) is 4.80. The van der Waals surface area contributed by atoms with E-state index < -0.39 is 5.60 Å². The lowest BCUT2D eigenvalue weighted by Crippen LogP contribution is -2.60. The maximum atomic E-state index is 10.4. The van der Waals surface area contributed by atoms with E-state index in [1.165, 1.54) is 0 Å². The van der Waals surface area contributed by atoms with Crippen molar-refractivity contribution in [2.24, 2.45) is 0 Å². The number of hydrogen-bond acceptors (Lipinski definition) is 4. The first-order valence-corrected chi connectivity index (χ1v) is 5.54. The Labute approximate surface area is 90.4 Å². The van der Waals surface area contributed by atoms with Crippen molar-refractivity contribution in [2.45, 2.75) is 43.4 Å². The zero-order chi connectivity index (χ0) is 10.9. The molecular weight excluding hydrogens is 192 g/mol. The fraction of sp³-hybridized carbons (Fsp3) is 0.909. The molecule has 0 radical (unpaired) electrons. The molecule has 4 heteroatoms. The molecule has 84 valence electrons. The van der Waals surface area contributed by atoms with Gasteiger partial charge in [-0.1, -0.05) is 0 Å². The Kier molecular flexibility index (Phi) is 2.96. The van der Waals surface area contributed by atoms with E-state index in [4.69, 9.17) is 10.00 Å². The highest BCUT2D eigenvalue weighted by Crippen LogP contribution is 2.35. The summed E-state index contributed by atoms with van der Waals surface area (Å²) in [6.07, 6.45) is 2.52. The highest BCUT2D eigenvalue weighted by atomic mass is 16.5. The second-order valence-corrected chi connectivity index (χ2v) is 4.80. The first-order chi connectivity index (χ1) is 7.14. The molecule has 2 rings (SSSR count). The number of rotatable bonds is 2. The molecule has 2 fully saturated rings. The third-order valence-electron chi connectivity index (χ3n) is 3.71. The van der Waals surface area contributed by atoms with Crippen LogP contribution in [-0.2, 0) is 4.74 Å². The summed E-state index contributed by atoms with van der Waals surface area (Å²) >= 11 is 0. The Bertz CT molecular complexity index is 260. The first kappa shape index (κ1) is 10.9. The molecule has 2 atom stereocenters. The number of aliphatic hydroxyl groups is 1. The van der Waals surface area contributed by atoms with Gasteiger partial charge in [0, 0.05) is 18.5 Å². The van der Waals surface area contributed by atoms with Crippen LogP contribution in [0, 0.1) is 11.3 Å². The Morgan fingerprint density at radius 1 is 1.47 bits per heavy atom. The molecule has 1 N–H and O–H groups in total. The van der Waals surface area contributed by atoms with Gasteiger partial charge in [0.2, 0.25) is 0 Å². The second kappa shape index (κ2) is 4.09. The molecule has 0 aromatic rings. The van der Waals surface area contributed by atoms with Crippen molar-refractivity contribution in [3.8, 4) is 6.07 Å². The van der Waals surface area contributed by atoms with Crippen molar-refractivity contribution >= 4 is 0 Å². The minimum atomic E-state index is -0.638. The summed E-state index contributed by atoms with van der Waals surface area (Å²) in [6, 6.07) is 2.75. The lowest BCUT2D eigenvalue weighted by molar-refractivity contribution is -0.136. The summed E-state index contributed by atoms with van der Waals surface area (Å²) in [6.45, 7) is 1.42. The number of piperidine rings is 1. The van der Waals surface area contributed by atoms with Gasteiger partial charge in [0.1, 0.15) is 0 Å². The fourth-order valence-electron chi connectivity index (χ4n) is 2.73. The van der Waals surface area contributed by atoms with E-state index in [1.54, 1.807) is 0 Å². The smallest absolute Gasteiger partial charge is 0.0689 e. The number of nitrogens with zero attached hydrogens (tertiary/aromatic N) is 2. The van der Waals surface area contributed by atoms with Crippen molar-refractivity contribution in [2.75, 3.05) is 20.3 Å². The predicted molar refractivity (Wildman–Crippen MR) is 55.2 cm³/mol. The summed E-state index contributed by atoms with van der Waals surface area (Å²) in [7, 11) is 2.10. The van der Waals surface area contributed by atoms with Crippen LogP contribution in [0.5, 0.6) is 0 Å². The van der Waals surface area contributed by atoms with Crippen molar-refractivity contribution < 1.29 is 9.84 Å². The highest BCUT2D eigenvalue weighted by molar-refractivity contribution is 4.99. The molecule has 2 saturated heterocycles. The molecule has 0 aromatic carbocycles. The van der Waals surface area contributed by atoms with E-state index in [2.05, 4.69) is 18.0 Å². The van der Waals surface area contributed by atoms with Crippen molar-refractivity contribution in [1.29, 1.82) is 5.26 Å². The number of ether oxygens (including phenoxy) is 1. The van der Waals surface area contributed by atoms with E-state index in [9.17, 15) is 5.11 Å². The van der Waals surface area contributed by atoms with Crippen LogP contribution >= 0.6 is 0 Å². The van der Waals surface area contributed by atoms with E-state index in [1.807, 2.05) is 0 Å². The monoisotopic (exact) mass is 210 g/mol. The van der Waals surface area contributed by atoms with Crippen molar-refractivity contribution in [3.05, 3.63) is 0 Å². The summed E-state index contributed by atoms with van der Waals surface area (Å²) < 4.78 is 5.49. The molecule has 0 saturated carbocycles. The third kappa shape index (κ3) is 2.15. The zero-order valence-electron chi connectivity index (χ0n) is 9.15. The molecule has 0 spiro atoms. The van der Waals surface area contributed by atoms with E-state index in [0.29, 0.717) is 38.1 Å². The third-order valence-corrected chi connectivity index (χ3v) is 3.71. The van der Waals surface area contributed by atoms with Crippen molar-refractivity contribution in [1.82, 2.24) is 4.90 Å². The number of fused-ring (bicyclic) bond motifs is 2. The average molecular weight is 210 g/mol. The molecule has 2 aliphatic rings. The Balaban J connectivity index is 2.03. The quantitative estimate of drug-likeness (QED) is 0.721. The molecule has 0 amide bonds. The van der Waals surface area contributed by atoms with Gasteiger partial charge in [0.15, 0.2) is 0 Å². The summed E-state index contributed by atoms with van der Waals surface area (Å²) in [5.41, 5.74) is -0.638. The minimum Gasteiger partial charge on any atom is -0.390 e. The van der Waals surface area contributed by atoms with Gasteiger partial charge in [-0.2, -0.15) is 5.26 Å². The van der Waals surface area contributed by atoms with Crippen LogP contribution in [0.25, 0.3) is 0 Å². The van der Waals surface area contributed by atoms with E-state index >= 15 is 0 Å². The SMILES string of the molecule is CN1C2COCC1CC(O)(CCC#N)C2. The molecule has 2 heterocycles. The minimum absolute atomic E-state index is 0.321. The molecule has 2 bridgehead atoms. The highest BCUT2D eigenvalue weighted by Gasteiger charge is 2.44. The normalized spacial score (nSPS) is 41.1. The first-order valence-electron chi connectivity index (χ1n) is 5.54. The summed E-state index contributed by atoms with van der Waals surface area (Å²) in [4.78, 5) is 2.31. The molecular formula is C11H18N2O2. The zero-order valence-corrected chi connectivity index (χ0v) is 9.15. The van der Waals surface area contributed by atoms with E-state index in [0.717, 1.165) is 12.8 Å². The van der Waals surface area contributed by atoms with Crippen LogP contribution in [0.1, 0.15) is 25.7 Å². The van der Waals surface area contributed by atoms with Crippen LogP contribution in [0.15, 0.2) is 0 Å². The molecule has 2 aliphatic heterocycles. The molecule has 4 nitrogen and oxygen atoms in total. The van der Waals surface area contributed by atoms with Crippen LogP contribution in [0.2, 0.25) is 0 Å². The Hall–Kier alpha value is -0.630. The number of nitriles is 1. The van der Waals surface area contributed by atoms with Gasteiger partial charge in [0.25, 0.3) is 0 Å².